The van der Waals surface area contributed by atoms with E-state index < -0.39 is 0 Å². The average molecular weight is 447 g/mol. The summed E-state index contributed by atoms with van der Waals surface area (Å²) in [4.78, 5) is 21.0. The highest BCUT2D eigenvalue weighted by atomic mass is 35.5. The number of aryl methyl sites for hydroxylation is 1. The first-order chi connectivity index (χ1) is 14.5. The molecule has 30 heavy (non-hydrogen) atoms. The monoisotopic (exact) mass is 446 g/mol. The van der Waals surface area contributed by atoms with Crippen LogP contribution in [0.2, 0.25) is 10.0 Å². The van der Waals surface area contributed by atoms with Crippen molar-refractivity contribution in [3.8, 4) is 11.5 Å². The Hall–Kier alpha value is -2.84. The third kappa shape index (κ3) is 4.49. The smallest absolute Gasteiger partial charge is 0.321 e. The van der Waals surface area contributed by atoms with Gasteiger partial charge in [-0.3, -0.25) is 0 Å². The standard InChI is InChI=1S/C20H20Cl2N6O2/c1-2-17-25-26-19(30-17)16-4-3-5-23-18(16)27-6-8-28(9-7-27)20(29)24-15-11-13(21)10-14(22)12-15/h3-5,10-12H,2,6-9H2,1H3,(H,24,29). The Kier molecular flexibility index (Phi) is 6.06. The highest BCUT2D eigenvalue weighted by Gasteiger charge is 2.25. The van der Waals surface area contributed by atoms with E-state index >= 15 is 0 Å². The van der Waals surface area contributed by atoms with Crippen molar-refractivity contribution in [3.05, 3.63) is 52.5 Å². The van der Waals surface area contributed by atoms with Gasteiger partial charge in [-0.2, -0.15) is 0 Å². The van der Waals surface area contributed by atoms with Gasteiger partial charge in [0.15, 0.2) is 0 Å². The fraction of sp³-hybridized carbons (Fsp3) is 0.300. The first-order valence-corrected chi connectivity index (χ1v) is 10.3. The molecule has 1 saturated heterocycles. The predicted molar refractivity (Wildman–Crippen MR) is 116 cm³/mol. The summed E-state index contributed by atoms with van der Waals surface area (Å²) in [5.74, 6) is 1.81. The normalized spacial score (nSPS) is 14.1. The number of halogens is 2. The quantitative estimate of drug-likeness (QED) is 0.640. The van der Waals surface area contributed by atoms with Crippen molar-refractivity contribution in [2.75, 3.05) is 36.4 Å². The Morgan fingerprint density at radius 1 is 1.13 bits per heavy atom. The lowest BCUT2D eigenvalue weighted by Crippen LogP contribution is -2.50. The summed E-state index contributed by atoms with van der Waals surface area (Å²) in [5, 5.41) is 12.0. The Morgan fingerprint density at radius 3 is 2.53 bits per heavy atom. The van der Waals surface area contributed by atoms with Gasteiger partial charge in [0.25, 0.3) is 5.89 Å². The maximum atomic E-state index is 12.6. The molecule has 1 N–H and O–H groups in total. The zero-order valence-corrected chi connectivity index (χ0v) is 17.8. The molecule has 2 aromatic heterocycles. The number of nitrogens with zero attached hydrogens (tertiary/aromatic N) is 5. The maximum absolute atomic E-state index is 12.6. The number of anilines is 2. The van der Waals surface area contributed by atoms with E-state index in [1.54, 1.807) is 29.3 Å². The minimum atomic E-state index is -0.196. The molecular formula is C20H20Cl2N6O2. The van der Waals surface area contributed by atoms with E-state index in [0.29, 0.717) is 60.1 Å². The van der Waals surface area contributed by atoms with Crippen LogP contribution in [0, 0.1) is 0 Å². The fourth-order valence-corrected chi connectivity index (χ4v) is 3.80. The zero-order valence-electron chi connectivity index (χ0n) is 16.3. The number of carbonyl (C=O) groups excluding carboxylic acids is 1. The molecule has 1 aliphatic heterocycles. The summed E-state index contributed by atoms with van der Waals surface area (Å²) >= 11 is 12.0. The molecule has 10 heteroatoms. The number of benzene rings is 1. The number of piperazine rings is 1. The second-order valence-corrected chi connectivity index (χ2v) is 7.66. The number of nitrogens with one attached hydrogen (secondary N) is 1. The number of carbonyl (C=O) groups is 1. The number of hydrogen-bond acceptors (Lipinski definition) is 6. The first-order valence-electron chi connectivity index (χ1n) is 9.58. The lowest BCUT2D eigenvalue weighted by atomic mass is 10.2. The molecule has 0 saturated carbocycles. The van der Waals surface area contributed by atoms with Crippen molar-refractivity contribution in [2.24, 2.45) is 0 Å². The van der Waals surface area contributed by atoms with Gasteiger partial charge in [0.2, 0.25) is 5.89 Å². The predicted octanol–water partition coefficient (Wildman–Crippen LogP) is 4.35. The van der Waals surface area contributed by atoms with Crippen LogP contribution in [-0.2, 0) is 6.42 Å². The molecule has 0 spiro atoms. The van der Waals surface area contributed by atoms with Gasteiger partial charge in [0.1, 0.15) is 5.82 Å². The first kappa shape index (κ1) is 20.4. The van der Waals surface area contributed by atoms with E-state index in [-0.39, 0.29) is 6.03 Å². The number of amides is 2. The maximum Gasteiger partial charge on any atom is 0.321 e. The number of pyridine rings is 1. The molecule has 0 radical (unpaired) electrons. The van der Waals surface area contributed by atoms with Crippen molar-refractivity contribution in [1.29, 1.82) is 0 Å². The van der Waals surface area contributed by atoms with Crippen LogP contribution in [-0.4, -0.2) is 52.3 Å². The molecule has 156 valence electrons. The van der Waals surface area contributed by atoms with Crippen LogP contribution >= 0.6 is 23.2 Å². The molecule has 4 rings (SSSR count). The Labute approximate surface area is 183 Å². The van der Waals surface area contributed by atoms with E-state index in [4.69, 9.17) is 27.6 Å². The van der Waals surface area contributed by atoms with Crippen LogP contribution in [0.4, 0.5) is 16.3 Å². The highest BCUT2D eigenvalue weighted by molar-refractivity contribution is 6.35. The van der Waals surface area contributed by atoms with Gasteiger partial charge < -0.3 is 19.5 Å². The summed E-state index contributed by atoms with van der Waals surface area (Å²) in [7, 11) is 0. The number of rotatable bonds is 4. The zero-order chi connectivity index (χ0) is 21.1. The third-order valence-electron chi connectivity index (χ3n) is 4.77. The fourth-order valence-electron chi connectivity index (χ4n) is 3.27. The average Bonchev–Trinajstić information content (AvgIpc) is 3.22. The van der Waals surface area contributed by atoms with Gasteiger partial charge in [-0.15, -0.1) is 10.2 Å². The molecule has 3 aromatic rings. The minimum Gasteiger partial charge on any atom is -0.421 e. The molecule has 1 fully saturated rings. The summed E-state index contributed by atoms with van der Waals surface area (Å²) in [6, 6.07) is 8.51. The SMILES string of the molecule is CCc1nnc(-c2cccnc2N2CCN(C(=O)Nc3cc(Cl)cc(Cl)c3)CC2)o1. The molecule has 3 heterocycles. The highest BCUT2D eigenvalue weighted by Crippen LogP contribution is 2.29. The van der Waals surface area contributed by atoms with Gasteiger partial charge in [-0.25, -0.2) is 9.78 Å². The van der Waals surface area contributed by atoms with Crippen molar-refractivity contribution in [3.63, 3.8) is 0 Å². The summed E-state index contributed by atoms with van der Waals surface area (Å²) in [5.41, 5.74) is 1.35. The van der Waals surface area contributed by atoms with Crippen LogP contribution in [0.25, 0.3) is 11.5 Å². The van der Waals surface area contributed by atoms with Crippen LogP contribution in [0.5, 0.6) is 0 Å². The van der Waals surface area contributed by atoms with E-state index in [1.165, 1.54) is 0 Å². The number of hydrogen-bond donors (Lipinski definition) is 1. The molecule has 1 aliphatic rings. The molecule has 0 bridgehead atoms. The Morgan fingerprint density at radius 2 is 1.87 bits per heavy atom. The van der Waals surface area contributed by atoms with Crippen LogP contribution in [0.3, 0.4) is 0 Å². The van der Waals surface area contributed by atoms with Gasteiger partial charge in [0, 0.05) is 54.5 Å². The van der Waals surface area contributed by atoms with Crippen molar-refractivity contribution < 1.29 is 9.21 Å². The van der Waals surface area contributed by atoms with Crippen molar-refractivity contribution in [2.45, 2.75) is 13.3 Å². The van der Waals surface area contributed by atoms with Crippen molar-refractivity contribution >= 4 is 40.7 Å². The molecule has 1 aromatic carbocycles. The summed E-state index contributed by atoms with van der Waals surface area (Å²) < 4.78 is 5.71. The molecule has 8 nitrogen and oxygen atoms in total. The van der Waals surface area contributed by atoms with Gasteiger partial charge in [0.05, 0.1) is 5.56 Å². The van der Waals surface area contributed by atoms with E-state index in [1.807, 2.05) is 19.1 Å². The summed E-state index contributed by atoms with van der Waals surface area (Å²) in [6.07, 6.45) is 2.41. The van der Waals surface area contributed by atoms with Gasteiger partial charge in [-0.1, -0.05) is 30.1 Å². The second-order valence-electron chi connectivity index (χ2n) is 6.79. The Bertz CT molecular complexity index is 1030. The number of urea groups is 1. The van der Waals surface area contributed by atoms with Crippen molar-refractivity contribution in [1.82, 2.24) is 20.1 Å². The van der Waals surface area contributed by atoms with Crippen LogP contribution in [0.1, 0.15) is 12.8 Å². The molecular weight excluding hydrogens is 427 g/mol. The summed E-state index contributed by atoms with van der Waals surface area (Å²) in [6.45, 7) is 4.30. The minimum absolute atomic E-state index is 0.196. The topological polar surface area (TPSA) is 87.4 Å². The van der Waals surface area contributed by atoms with E-state index in [0.717, 1.165) is 11.4 Å². The molecule has 0 atom stereocenters. The largest absolute Gasteiger partial charge is 0.421 e. The lowest BCUT2D eigenvalue weighted by Gasteiger charge is -2.35. The second kappa shape index (κ2) is 8.89. The van der Waals surface area contributed by atoms with E-state index in [9.17, 15) is 4.79 Å². The van der Waals surface area contributed by atoms with Crippen LogP contribution in [0.15, 0.2) is 40.9 Å². The lowest BCUT2D eigenvalue weighted by molar-refractivity contribution is 0.208. The molecule has 0 unspecified atom stereocenters. The van der Waals surface area contributed by atoms with E-state index in [2.05, 4.69) is 25.4 Å². The van der Waals surface area contributed by atoms with Crippen LogP contribution < -0.4 is 10.2 Å². The Balaban J connectivity index is 1.43. The van der Waals surface area contributed by atoms with Gasteiger partial charge >= 0.3 is 6.03 Å². The molecule has 2 amide bonds. The third-order valence-corrected chi connectivity index (χ3v) is 5.20. The van der Waals surface area contributed by atoms with Gasteiger partial charge in [-0.05, 0) is 30.3 Å². The molecule has 0 aliphatic carbocycles. The number of aromatic nitrogens is 3.